The van der Waals surface area contributed by atoms with E-state index in [1.807, 2.05) is 74.7 Å². The average Bonchev–Trinajstić information content (AvgIpc) is 3.15. The third kappa shape index (κ3) is 5.09. The molecule has 0 radical (unpaired) electrons. The molecule has 35 heavy (non-hydrogen) atoms. The Kier molecular flexibility index (Phi) is 6.96. The molecule has 0 aliphatic rings. The van der Waals surface area contributed by atoms with Crippen LogP contribution in [0.15, 0.2) is 59.5 Å². The fourth-order valence-corrected chi connectivity index (χ4v) is 4.41. The molecule has 180 valence electrons. The molecule has 0 spiro atoms. The lowest BCUT2D eigenvalue weighted by molar-refractivity contribution is 0.0781. The summed E-state index contributed by atoms with van der Waals surface area (Å²) in [6.07, 6.45) is 2.22. The summed E-state index contributed by atoms with van der Waals surface area (Å²) in [4.78, 5) is 33.2. The highest BCUT2D eigenvalue weighted by Gasteiger charge is 2.25. The van der Waals surface area contributed by atoms with E-state index in [4.69, 9.17) is 0 Å². The minimum atomic E-state index is -0.298. The molecular formula is C28H31N5O2. The van der Waals surface area contributed by atoms with E-state index in [0.29, 0.717) is 25.2 Å². The van der Waals surface area contributed by atoms with Crippen molar-refractivity contribution in [1.82, 2.24) is 24.6 Å². The van der Waals surface area contributed by atoms with Gasteiger partial charge < -0.3 is 9.47 Å². The molecule has 0 atom stereocenters. The fraction of sp³-hybridized carbons (Fsp3) is 0.286. The summed E-state index contributed by atoms with van der Waals surface area (Å²) >= 11 is 0. The second-order valence-corrected chi connectivity index (χ2v) is 9.06. The fourth-order valence-electron chi connectivity index (χ4n) is 4.41. The van der Waals surface area contributed by atoms with Crippen molar-refractivity contribution in [1.29, 1.82) is 0 Å². The first-order chi connectivity index (χ1) is 16.8. The smallest absolute Gasteiger partial charge is 0.259 e. The molecule has 1 N–H and O–H groups in total. The molecule has 7 nitrogen and oxygen atoms in total. The minimum absolute atomic E-state index is 0.205. The lowest BCUT2D eigenvalue weighted by atomic mass is 9.98. The summed E-state index contributed by atoms with van der Waals surface area (Å²) in [5.74, 6) is -0.298. The summed E-state index contributed by atoms with van der Waals surface area (Å²) in [6.45, 7) is 8.63. The number of carbonyl (C=O) groups is 1. The zero-order valence-corrected chi connectivity index (χ0v) is 20.9. The van der Waals surface area contributed by atoms with Crippen LogP contribution in [0.5, 0.6) is 0 Å². The third-order valence-corrected chi connectivity index (χ3v) is 6.53. The van der Waals surface area contributed by atoms with Crippen molar-refractivity contribution < 1.29 is 4.79 Å². The normalized spacial score (nSPS) is 11.0. The number of aromatic amines is 1. The average molecular weight is 470 g/mol. The number of nitrogens with one attached hydrogen (secondary N) is 1. The largest absolute Gasteiger partial charge is 0.342 e. The summed E-state index contributed by atoms with van der Waals surface area (Å²) in [5, 5.41) is 7.20. The van der Waals surface area contributed by atoms with Gasteiger partial charge in [0, 0.05) is 54.9 Å². The Morgan fingerprint density at radius 1 is 1.06 bits per heavy atom. The molecular weight excluding hydrogens is 438 g/mol. The van der Waals surface area contributed by atoms with Crippen molar-refractivity contribution >= 4 is 5.91 Å². The Balaban J connectivity index is 1.83. The lowest BCUT2D eigenvalue weighted by Crippen LogP contribution is -2.34. The predicted molar refractivity (Wildman–Crippen MR) is 137 cm³/mol. The molecule has 3 heterocycles. The van der Waals surface area contributed by atoms with Crippen molar-refractivity contribution in [3.8, 4) is 0 Å². The second kappa shape index (κ2) is 10.1. The van der Waals surface area contributed by atoms with Crippen LogP contribution in [0.4, 0.5) is 0 Å². The zero-order valence-electron chi connectivity index (χ0n) is 20.9. The van der Waals surface area contributed by atoms with E-state index in [1.54, 1.807) is 24.2 Å². The Labute approximate surface area is 205 Å². The monoisotopic (exact) mass is 469 g/mol. The van der Waals surface area contributed by atoms with Gasteiger partial charge in [0.1, 0.15) is 5.56 Å². The number of pyridine rings is 2. The van der Waals surface area contributed by atoms with Gasteiger partial charge in [-0.2, -0.15) is 5.10 Å². The molecule has 7 heteroatoms. The molecule has 4 aromatic rings. The van der Waals surface area contributed by atoms with E-state index >= 15 is 0 Å². The van der Waals surface area contributed by atoms with Crippen molar-refractivity contribution in [2.75, 3.05) is 7.05 Å². The first-order valence-corrected chi connectivity index (χ1v) is 11.7. The molecule has 0 fully saturated rings. The van der Waals surface area contributed by atoms with Crippen LogP contribution in [-0.4, -0.2) is 37.6 Å². The number of rotatable bonds is 7. The van der Waals surface area contributed by atoms with Gasteiger partial charge in [0.05, 0.1) is 17.9 Å². The molecule has 0 unspecified atom stereocenters. The van der Waals surface area contributed by atoms with Gasteiger partial charge in [0.25, 0.3) is 5.91 Å². The van der Waals surface area contributed by atoms with Crippen molar-refractivity contribution in [2.24, 2.45) is 0 Å². The van der Waals surface area contributed by atoms with Crippen molar-refractivity contribution in [2.45, 2.75) is 47.2 Å². The predicted octanol–water partition coefficient (Wildman–Crippen LogP) is 4.11. The topological polar surface area (TPSA) is 83.9 Å². The summed E-state index contributed by atoms with van der Waals surface area (Å²) in [5.41, 5.74) is 7.21. The molecule has 0 saturated carbocycles. The van der Waals surface area contributed by atoms with E-state index < -0.39 is 0 Å². The first-order valence-electron chi connectivity index (χ1n) is 11.7. The highest BCUT2D eigenvalue weighted by atomic mass is 16.2. The van der Waals surface area contributed by atoms with Crippen molar-refractivity contribution in [3.63, 3.8) is 0 Å². The Bertz CT molecular complexity index is 1400. The molecule has 3 aromatic heterocycles. The second-order valence-electron chi connectivity index (χ2n) is 9.06. The van der Waals surface area contributed by atoms with Crippen molar-refractivity contribution in [3.05, 3.63) is 116 Å². The molecule has 0 saturated heterocycles. The number of H-pyrrole nitrogens is 1. The first kappa shape index (κ1) is 24.1. The van der Waals surface area contributed by atoms with E-state index in [0.717, 1.165) is 39.5 Å². The van der Waals surface area contributed by atoms with Crippen LogP contribution in [0, 0.1) is 27.7 Å². The Morgan fingerprint density at radius 3 is 2.46 bits per heavy atom. The molecule has 0 bridgehead atoms. The van der Waals surface area contributed by atoms with Gasteiger partial charge in [-0.05, 0) is 51.0 Å². The number of aromatic nitrogens is 4. The Morgan fingerprint density at radius 2 is 1.80 bits per heavy atom. The van der Waals surface area contributed by atoms with Crippen LogP contribution < -0.4 is 5.43 Å². The number of benzene rings is 1. The number of nitrogens with zero attached hydrogens (tertiary/aromatic N) is 4. The summed E-state index contributed by atoms with van der Waals surface area (Å²) in [6, 6.07) is 15.4. The molecule has 1 amide bonds. The van der Waals surface area contributed by atoms with Crippen LogP contribution >= 0.6 is 0 Å². The van der Waals surface area contributed by atoms with Gasteiger partial charge in [-0.1, -0.05) is 30.3 Å². The quantitative estimate of drug-likeness (QED) is 0.441. The van der Waals surface area contributed by atoms with Gasteiger partial charge in [-0.25, -0.2) is 0 Å². The minimum Gasteiger partial charge on any atom is -0.342 e. The van der Waals surface area contributed by atoms with Crippen LogP contribution in [-0.2, 0) is 19.5 Å². The summed E-state index contributed by atoms with van der Waals surface area (Å²) < 4.78 is 2.05. The number of carbonyl (C=O) groups excluding carboxylic acids is 1. The molecule has 0 aliphatic carbocycles. The maximum atomic E-state index is 13.8. The highest BCUT2D eigenvalue weighted by Crippen LogP contribution is 2.21. The summed E-state index contributed by atoms with van der Waals surface area (Å²) in [7, 11) is 1.73. The standard InChI is InChI=1S/C28H31N5O2/c1-18-10-6-7-11-22(18)15-25-27(28(35)32(5)17-24-20(3)30-31-21(24)4)26(34)14-19(2)33(25)16-23-12-8-9-13-29-23/h6-14H,15-17H2,1-5H3,(H,30,31). The number of hydrogen-bond donors (Lipinski definition) is 1. The van der Waals surface area contributed by atoms with E-state index in [9.17, 15) is 9.59 Å². The van der Waals surface area contributed by atoms with Crippen LogP contribution in [0.2, 0.25) is 0 Å². The molecule has 0 aliphatic heterocycles. The van der Waals surface area contributed by atoms with Gasteiger partial charge in [-0.3, -0.25) is 19.7 Å². The van der Waals surface area contributed by atoms with Gasteiger partial charge in [0.15, 0.2) is 5.43 Å². The number of hydrogen-bond acceptors (Lipinski definition) is 4. The van der Waals surface area contributed by atoms with Crippen LogP contribution in [0.25, 0.3) is 0 Å². The lowest BCUT2D eigenvalue weighted by Gasteiger charge is -2.23. The number of aryl methyl sites for hydroxylation is 4. The maximum Gasteiger partial charge on any atom is 0.259 e. The Hall–Kier alpha value is -4.00. The van der Waals surface area contributed by atoms with Gasteiger partial charge in [0.2, 0.25) is 0 Å². The van der Waals surface area contributed by atoms with E-state index in [-0.39, 0.29) is 16.9 Å². The third-order valence-electron chi connectivity index (χ3n) is 6.53. The SMILES string of the molecule is Cc1ccccc1Cc1c(C(=O)N(C)Cc2c(C)n[nH]c2C)c(=O)cc(C)n1Cc1ccccn1. The van der Waals surface area contributed by atoms with E-state index in [1.165, 1.54) is 0 Å². The molecule has 4 rings (SSSR count). The van der Waals surface area contributed by atoms with Gasteiger partial charge >= 0.3 is 0 Å². The maximum absolute atomic E-state index is 13.8. The zero-order chi connectivity index (χ0) is 25.1. The number of amides is 1. The van der Waals surface area contributed by atoms with Crippen LogP contribution in [0.1, 0.15) is 55.5 Å². The van der Waals surface area contributed by atoms with Gasteiger partial charge in [-0.15, -0.1) is 0 Å². The highest BCUT2D eigenvalue weighted by molar-refractivity contribution is 5.95. The van der Waals surface area contributed by atoms with Crippen LogP contribution in [0.3, 0.4) is 0 Å². The molecule has 1 aromatic carbocycles. The van der Waals surface area contributed by atoms with E-state index in [2.05, 4.69) is 15.2 Å².